The number of aliphatic hydroxyl groups excluding tert-OH is 1. The average molecular weight is 360 g/mol. The number of methoxy groups -OCH3 is 1. The maximum absolute atomic E-state index is 9.72. The quantitative estimate of drug-likeness (QED) is 0.611. The van der Waals surface area contributed by atoms with E-state index in [-0.39, 0.29) is 0 Å². The highest BCUT2D eigenvalue weighted by molar-refractivity contribution is 5.93. The molecule has 0 bridgehead atoms. The Morgan fingerprint density at radius 1 is 1.15 bits per heavy atom. The number of hydrogen-bond acceptors (Lipinski definition) is 4. The Morgan fingerprint density at radius 2 is 1.89 bits per heavy atom. The molecule has 1 aliphatic carbocycles. The number of benzene rings is 2. The van der Waals surface area contributed by atoms with Crippen LogP contribution in [-0.4, -0.2) is 31.6 Å². The summed E-state index contributed by atoms with van der Waals surface area (Å²) in [5, 5.41) is 16.1. The van der Waals surface area contributed by atoms with Crippen molar-refractivity contribution in [2.24, 2.45) is 5.10 Å². The molecule has 1 unspecified atom stereocenters. The van der Waals surface area contributed by atoms with E-state index in [0.717, 1.165) is 28.1 Å². The van der Waals surface area contributed by atoms with Crippen LogP contribution in [-0.2, 0) is 0 Å². The normalized spacial score (nSPS) is 17.1. The Bertz CT molecular complexity index is 865. The number of aliphatic hydroxyl groups is 1. The van der Waals surface area contributed by atoms with E-state index >= 15 is 0 Å². The molecular formula is C23H24N2O2. The van der Waals surface area contributed by atoms with E-state index in [1.165, 1.54) is 0 Å². The SMILES string of the molecule is COc1ccc(C(=CC=NN(C)c2ccccc2)C2=CCC(O)C=C2)cc1. The van der Waals surface area contributed by atoms with Gasteiger partial charge in [-0.05, 0) is 53.5 Å². The zero-order valence-electron chi connectivity index (χ0n) is 15.6. The van der Waals surface area contributed by atoms with Crippen LogP contribution in [0.2, 0.25) is 0 Å². The molecule has 27 heavy (non-hydrogen) atoms. The molecule has 1 N–H and O–H groups in total. The predicted molar refractivity (Wildman–Crippen MR) is 112 cm³/mol. The molecule has 1 atom stereocenters. The lowest BCUT2D eigenvalue weighted by Crippen LogP contribution is -2.08. The van der Waals surface area contributed by atoms with Gasteiger partial charge in [-0.25, -0.2) is 0 Å². The van der Waals surface area contributed by atoms with Gasteiger partial charge in [0, 0.05) is 13.3 Å². The van der Waals surface area contributed by atoms with Gasteiger partial charge in [0.05, 0.1) is 18.9 Å². The first-order valence-electron chi connectivity index (χ1n) is 8.91. The molecule has 0 saturated heterocycles. The van der Waals surface area contributed by atoms with E-state index in [1.807, 2.05) is 84.9 Å². The van der Waals surface area contributed by atoms with Crippen molar-refractivity contribution in [1.82, 2.24) is 0 Å². The lowest BCUT2D eigenvalue weighted by Gasteiger charge is -2.15. The Labute approximate surface area is 160 Å². The Kier molecular flexibility index (Phi) is 6.23. The van der Waals surface area contributed by atoms with Gasteiger partial charge in [0.2, 0.25) is 0 Å². The molecule has 138 valence electrons. The highest BCUT2D eigenvalue weighted by Gasteiger charge is 2.11. The van der Waals surface area contributed by atoms with E-state index < -0.39 is 6.10 Å². The van der Waals surface area contributed by atoms with Gasteiger partial charge in [-0.3, -0.25) is 5.01 Å². The van der Waals surface area contributed by atoms with Crippen molar-refractivity contribution in [3.05, 3.63) is 90.0 Å². The fourth-order valence-electron chi connectivity index (χ4n) is 2.86. The van der Waals surface area contributed by atoms with Crippen LogP contribution in [0.3, 0.4) is 0 Å². The molecule has 1 aliphatic rings. The lowest BCUT2D eigenvalue weighted by atomic mass is 9.93. The molecule has 4 nitrogen and oxygen atoms in total. The lowest BCUT2D eigenvalue weighted by molar-refractivity contribution is 0.225. The molecule has 0 radical (unpaired) electrons. The third-order valence-electron chi connectivity index (χ3n) is 4.40. The fourth-order valence-corrected chi connectivity index (χ4v) is 2.86. The van der Waals surface area contributed by atoms with Crippen LogP contribution in [0.5, 0.6) is 5.75 Å². The van der Waals surface area contributed by atoms with Crippen molar-refractivity contribution in [2.75, 3.05) is 19.2 Å². The van der Waals surface area contributed by atoms with Crippen molar-refractivity contribution in [3.8, 4) is 5.75 Å². The van der Waals surface area contributed by atoms with E-state index in [0.29, 0.717) is 6.42 Å². The zero-order valence-corrected chi connectivity index (χ0v) is 15.6. The minimum Gasteiger partial charge on any atom is -0.497 e. The van der Waals surface area contributed by atoms with Gasteiger partial charge in [-0.1, -0.05) is 48.6 Å². The van der Waals surface area contributed by atoms with Crippen molar-refractivity contribution < 1.29 is 9.84 Å². The topological polar surface area (TPSA) is 45.1 Å². The standard InChI is InChI=1S/C23H24N2O2/c1-25(20-6-4-3-5-7-20)24-17-16-23(18-8-12-21(26)13-9-18)19-10-14-22(27-2)15-11-19/h3-12,14-17,21,26H,13H2,1-2H3. The molecule has 4 heteroatoms. The summed E-state index contributed by atoms with van der Waals surface area (Å²) in [7, 11) is 3.58. The van der Waals surface area contributed by atoms with Gasteiger partial charge in [0.1, 0.15) is 5.75 Å². The van der Waals surface area contributed by atoms with Crippen molar-refractivity contribution in [3.63, 3.8) is 0 Å². The number of hydrazone groups is 1. The van der Waals surface area contributed by atoms with Crippen molar-refractivity contribution in [2.45, 2.75) is 12.5 Å². The highest BCUT2D eigenvalue weighted by Crippen LogP contribution is 2.28. The summed E-state index contributed by atoms with van der Waals surface area (Å²) < 4.78 is 5.26. The number of para-hydroxylation sites is 1. The van der Waals surface area contributed by atoms with Crippen LogP contribution >= 0.6 is 0 Å². The molecule has 3 rings (SSSR count). The van der Waals surface area contributed by atoms with Crippen molar-refractivity contribution >= 4 is 17.5 Å². The van der Waals surface area contributed by atoms with Gasteiger partial charge in [0.25, 0.3) is 0 Å². The second-order valence-electron chi connectivity index (χ2n) is 6.25. The number of nitrogens with zero attached hydrogens (tertiary/aromatic N) is 2. The molecule has 0 amide bonds. The Balaban J connectivity index is 1.88. The summed E-state index contributed by atoms with van der Waals surface area (Å²) in [6, 6.07) is 17.9. The second-order valence-corrected chi connectivity index (χ2v) is 6.25. The molecule has 0 spiro atoms. The Hall–Kier alpha value is -3.11. The van der Waals surface area contributed by atoms with E-state index in [4.69, 9.17) is 4.74 Å². The Morgan fingerprint density at radius 3 is 2.52 bits per heavy atom. The smallest absolute Gasteiger partial charge is 0.118 e. The molecule has 0 saturated carbocycles. The minimum atomic E-state index is -0.413. The predicted octanol–water partition coefficient (Wildman–Crippen LogP) is 4.45. The molecule has 0 aliphatic heterocycles. The van der Waals surface area contributed by atoms with E-state index in [1.54, 1.807) is 13.3 Å². The van der Waals surface area contributed by atoms with Gasteiger partial charge in [0.15, 0.2) is 0 Å². The third-order valence-corrected chi connectivity index (χ3v) is 4.40. The molecule has 2 aromatic carbocycles. The van der Waals surface area contributed by atoms with Crippen LogP contribution in [0.1, 0.15) is 12.0 Å². The van der Waals surface area contributed by atoms with Crippen LogP contribution in [0.15, 0.2) is 89.6 Å². The number of hydrogen-bond donors (Lipinski definition) is 1. The first-order valence-corrected chi connectivity index (χ1v) is 8.91. The molecule has 0 fully saturated rings. The van der Waals surface area contributed by atoms with Crippen LogP contribution in [0, 0.1) is 0 Å². The molecule has 2 aromatic rings. The van der Waals surface area contributed by atoms with Crippen molar-refractivity contribution in [1.29, 1.82) is 0 Å². The highest BCUT2D eigenvalue weighted by atomic mass is 16.5. The summed E-state index contributed by atoms with van der Waals surface area (Å²) >= 11 is 0. The first-order chi connectivity index (χ1) is 13.2. The van der Waals surface area contributed by atoms with E-state index in [2.05, 4.69) is 11.2 Å². The zero-order chi connectivity index (χ0) is 19.1. The summed E-state index contributed by atoms with van der Waals surface area (Å²) in [5.41, 5.74) is 4.20. The second kappa shape index (κ2) is 9.01. The average Bonchev–Trinajstić information content (AvgIpc) is 2.73. The maximum Gasteiger partial charge on any atom is 0.118 e. The third kappa shape index (κ3) is 4.96. The number of anilines is 1. The monoisotopic (exact) mass is 360 g/mol. The molecule has 0 heterocycles. The largest absolute Gasteiger partial charge is 0.497 e. The molecule has 0 aromatic heterocycles. The minimum absolute atomic E-state index is 0.413. The summed E-state index contributed by atoms with van der Waals surface area (Å²) in [6.07, 6.45) is 9.82. The number of allylic oxidation sites excluding steroid dienone is 4. The number of rotatable bonds is 6. The first kappa shape index (κ1) is 18.7. The van der Waals surface area contributed by atoms with Crippen LogP contribution < -0.4 is 9.75 Å². The van der Waals surface area contributed by atoms with E-state index in [9.17, 15) is 5.11 Å². The summed E-state index contributed by atoms with van der Waals surface area (Å²) in [6.45, 7) is 0. The summed E-state index contributed by atoms with van der Waals surface area (Å²) in [5.74, 6) is 0.819. The van der Waals surface area contributed by atoms with Gasteiger partial charge < -0.3 is 9.84 Å². The van der Waals surface area contributed by atoms with Gasteiger partial charge >= 0.3 is 0 Å². The summed E-state index contributed by atoms with van der Waals surface area (Å²) in [4.78, 5) is 0. The maximum atomic E-state index is 9.72. The van der Waals surface area contributed by atoms with Crippen LogP contribution in [0.4, 0.5) is 5.69 Å². The number of ether oxygens (including phenoxy) is 1. The van der Waals surface area contributed by atoms with Gasteiger partial charge in [-0.15, -0.1) is 0 Å². The fraction of sp³-hybridized carbons (Fsp3) is 0.174. The van der Waals surface area contributed by atoms with Crippen LogP contribution in [0.25, 0.3) is 5.57 Å². The molecular weight excluding hydrogens is 336 g/mol. The van der Waals surface area contributed by atoms with Gasteiger partial charge in [-0.2, -0.15) is 5.10 Å².